The van der Waals surface area contributed by atoms with Crippen molar-refractivity contribution in [3.8, 4) is 16.9 Å². The van der Waals surface area contributed by atoms with Gasteiger partial charge in [0.2, 0.25) is 0 Å². The third-order valence-electron chi connectivity index (χ3n) is 5.36. The summed E-state index contributed by atoms with van der Waals surface area (Å²) in [7, 11) is 3.48. The summed E-state index contributed by atoms with van der Waals surface area (Å²) in [5, 5.41) is 0. The maximum atomic E-state index is 12.2. The number of carbonyl (C=O) groups excluding carboxylic acids is 1. The smallest absolute Gasteiger partial charge is 0.489 e. The van der Waals surface area contributed by atoms with Gasteiger partial charge in [-0.25, -0.2) is 4.79 Å². The van der Waals surface area contributed by atoms with Crippen molar-refractivity contribution < 1.29 is 43.6 Å². The predicted octanol–water partition coefficient (Wildman–Crippen LogP) is 0.0672. The van der Waals surface area contributed by atoms with Gasteiger partial charge in [-0.2, -0.15) is 0 Å². The largest absolute Gasteiger partial charge is 1.00 e. The minimum Gasteiger partial charge on any atom is -0.489 e. The van der Waals surface area contributed by atoms with E-state index >= 15 is 0 Å². The average Bonchev–Trinajstić information content (AvgIpc) is 3.14. The van der Waals surface area contributed by atoms with Gasteiger partial charge in [0, 0.05) is 26.2 Å². The Morgan fingerprint density at radius 3 is 2.37 bits per heavy atom. The molecule has 3 aromatic carbocycles. The van der Waals surface area contributed by atoms with E-state index in [1.165, 1.54) is 0 Å². The second-order valence-corrected chi connectivity index (χ2v) is 8.15. The first-order chi connectivity index (χ1) is 16.3. The number of hydrogen-bond donors (Lipinski definition) is 0. The standard InChI is InChI=1S/C26H25N3O5.Na/c1-17-13-21(24(30)28(2)3)9-12-23(17)20-6-4-5-19(14-20)16-33-22-10-7-18(8-11-22)15-29-25(31)27-26(32)34-29;/h4-14H,15-16H2,1-3H3,(H,27,31,32);/q;+1/p-1. The number of aromatic nitrogens is 2. The molecule has 0 aliphatic heterocycles. The Morgan fingerprint density at radius 2 is 1.74 bits per heavy atom. The molecule has 0 aliphatic rings. The van der Waals surface area contributed by atoms with Gasteiger partial charge in [0.1, 0.15) is 12.4 Å². The molecule has 9 heteroatoms. The van der Waals surface area contributed by atoms with Crippen LogP contribution in [0.15, 0.2) is 80.8 Å². The van der Waals surface area contributed by atoms with Gasteiger partial charge in [0.15, 0.2) is 5.69 Å². The Bertz CT molecular complexity index is 1430. The van der Waals surface area contributed by atoms with Crippen LogP contribution in [0, 0.1) is 6.92 Å². The van der Waals surface area contributed by atoms with Crippen LogP contribution in [-0.4, -0.2) is 29.6 Å². The third kappa shape index (κ3) is 6.42. The van der Waals surface area contributed by atoms with Gasteiger partial charge in [-0.15, -0.1) is 0 Å². The van der Waals surface area contributed by atoms with Gasteiger partial charge in [0.05, 0.1) is 0 Å². The molecule has 1 amide bonds. The molecule has 0 bridgehead atoms. The molecule has 0 aliphatic carbocycles. The normalized spacial score (nSPS) is 10.5. The summed E-state index contributed by atoms with van der Waals surface area (Å²) in [5.74, 6) is -0.252. The minimum atomic E-state index is -0.902. The number of rotatable bonds is 7. The summed E-state index contributed by atoms with van der Waals surface area (Å²) in [6, 6.07) is 21.0. The zero-order valence-corrected chi connectivity index (χ0v) is 22.1. The molecule has 0 spiro atoms. The summed E-state index contributed by atoms with van der Waals surface area (Å²) < 4.78 is 11.6. The zero-order chi connectivity index (χ0) is 24.2. The molecule has 35 heavy (non-hydrogen) atoms. The van der Waals surface area contributed by atoms with E-state index in [-0.39, 0.29) is 42.0 Å². The minimum absolute atomic E-state index is 0. The molecule has 1 aromatic heterocycles. The molecule has 4 aromatic rings. The Balaban J connectivity index is 0.00000342. The van der Waals surface area contributed by atoms with E-state index in [4.69, 9.17) is 9.26 Å². The van der Waals surface area contributed by atoms with Crippen molar-refractivity contribution in [2.45, 2.75) is 20.1 Å². The summed E-state index contributed by atoms with van der Waals surface area (Å²) in [4.78, 5) is 39.5. The van der Waals surface area contributed by atoms with Crippen LogP contribution in [0.25, 0.3) is 11.1 Å². The van der Waals surface area contributed by atoms with E-state index in [0.29, 0.717) is 17.9 Å². The van der Waals surface area contributed by atoms with E-state index in [1.807, 2.05) is 43.3 Å². The molecule has 0 N–H and O–H groups in total. The first-order valence-electron chi connectivity index (χ1n) is 10.7. The van der Waals surface area contributed by atoms with Crippen LogP contribution in [0.2, 0.25) is 0 Å². The number of aryl methyl sites for hydroxylation is 1. The van der Waals surface area contributed by atoms with Crippen LogP contribution >= 0.6 is 0 Å². The van der Waals surface area contributed by atoms with Gasteiger partial charge < -0.3 is 19.1 Å². The maximum absolute atomic E-state index is 12.2. The zero-order valence-electron chi connectivity index (χ0n) is 20.1. The molecule has 1 heterocycles. The van der Waals surface area contributed by atoms with Gasteiger partial charge in [0.25, 0.3) is 5.91 Å². The predicted molar refractivity (Wildman–Crippen MR) is 127 cm³/mol. The van der Waals surface area contributed by atoms with E-state index < -0.39 is 11.4 Å². The van der Waals surface area contributed by atoms with Crippen molar-refractivity contribution >= 4 is 5.91 Å². The van der Waals surface area contributed by atoms with E-state index in [0.717, 1.165) is 32.6 Å². The Hall–Kier alpha value is -3.33. The summed E-state index contributed by atoms with van der Waals surface area (Å²) >= 11 is 0. The third-order valence-corrected chi connectivity index (χ3v) is 5.36. The monoisotopic (exact) mass is 481 g/mol. The fourth-order valence-electron chi connectivity index (χ4n) is 3.62. The molecule has 174 valence electrons. The molecular weight excluding hydrogens is 457 g/mol. The van der Waals surface area contributed by atoms with Gasteiger partial charge in [-0.05, 0) is 65.1 Å². The average molecular weight is 481 g/mol. The number of hydrogen-bond acceptors (Lipinski definition) is 5. The van der Waals surface area contributed by atoms with E-state index in [2.05, 4.69) is 11.1 Å². The van der Waals surface area contributed by atoms with Gasteiger partial charge in [-0.3, -0.25) is 14.3 Å². The van der Waals surface area contributed by atoms with Crippen molar-refractivity contribution in [1.82, 2.24) is 14.6 Å². The summed E-state index contributed by atoms with van der Waals surface area (Å²) in [6.07, 6.45) is 0. The van der Waals surface area contributed by atoms with Crippen LogP contribution in [0.4, 0.5) is 0 Å². The van der Waals surface area contributed by atoms with Crippen LogP contribution in [-0.2, 0) is 13.2 Å². The first-order valence-corrected chi connectivity index (χ1v) is 10.7. The van der Waals surface area contributed by atoms with Gasteiger partial charge in [-0.1, -0.05) is 36.4 Å². The van der Waals surface area contributed by atoms with Crippen molar-refractivity contribution in [3.05, 3.63) is 110 Å². The number of benzene rings is 3. The molecule has 0 saturated carbocycles. The van der Waals surface area contributed by atoms with Crippen molar-refractivity contribution in [3.63, 3.8) is 0 Å². The second-order valence-electron chi connectivity index (χ2n) is 8.15. The molecule has 0 unspecified atom stereocenters. The van der Waals surface area contributed by atoms with Crippen LogP contribution < -0.4 is 50.7 Å². The fourth-order valence-corrected chi connectivity index (χ4v) is 3.62. The number of nitrogens with zero attached hydrogens (tertiary/aromatic N) is 3. The van der Waals surface area contributed by atoms with Gasteiger partial charge >= 0.3 is 35.3 Å². The Morgan fingerprint density at radius 1 is 1.00 bits per heavy atom. The number of carbonyl (C=O) groups is 1. The Kier molecular flexibility index (Phi) is 8.56. The second kappa shape index (κ2) is 11.4. The molecule has 0 atom stereocenters. The first kappa shape index (κ1) is 26.3. The molecular formula is C26H24N3NaO5. The van der Waals surface area contributed by atoms with Crippen LogP contribution in [0.5, 0.6) is 5.75 Å². The van der Waals surface area contributed by atoms with E-state index in [9.17, 15) is 14.4 Å². The summed E-state index contributed by atoms with van der Waals surface area (Å²) in [5.41, 5.74) is 4.87. The number of amides is 1. The van der Waals surface area contributed by atoms with Crippen molar-refractivity contribution in [1.29, 1.82) is 0 Å². The van der Waals surface area contributed by atoms with Crippen molar-refractivity contribution in [2.24, 2.45) is 0 Å². The van der Waals surface area contributed by atoms with Crippen molar-refractivity contribution in [2.75, 3.05) is 14.1 Å². The van der Waals surface area contributed by atoms with E-state index in [1.54, 1.807) is 43.3 Å². The molecule has 0 fully saturated rings. The topological polar surface area (TPSA) is 95.8 Å². The molecule has 4 rings (SSSR count). The van der Waals surface area contributed by atoms with Crippen LogP contribution in [0.3, 0.4) is 0 Å². The fraction of sp³-hybridized carbons (Fsp3) is 0.192. The SMILES string of the molecule is Cc1cc(C(=O)N(C)C)ccc1-c1cccc(COc2ccc(Cn3oc(=O)[n-]c3=O)cc2)c1.[Na+]. The molecule has 0 radical (unpaired) electrons. The molecule has 0 saturated heterocycles. The maximum Gasteiger partial charge on any atom is 1.00 e. The molecule has 8 nitrogen and oxygen atoms in total. The summed E-state index contributed by atoms with van der Waals surface area (Å²) in [6.45, 7) is 2.50. The number of ether oxygens (including phenoxy) is 1. The van der Waals surface area contributed by atoms with Crippen LogP contribution in [0.1, 0.15) is 27.0 Å². The quantitative estimate of drug-likeness (QED) is 0.347. The Labute approximate surface area is 224 Å².